The molecule has 10 heteroatoms. The van der Waals surface area contributed by atoms with Crippen LogP contribution in [0.5, 0.6) is 0 Å². The monoisotopic (exact) mass is 432 g/mol. The summed E-state index contributed by atoms with van der Waals surface area (Å²) in [5.41, 5.74) is 0.140. The molecule has 1 amide bonds. The summed E-state index contributed by atoms with van der Waals surface area (Å²) >= 11 is 0. The fourth-order valence-corrected chi connectivity index (χ4v) is 5.32. The van der Waals surface area contributed by atoms with Gasteiger partial charge >= 0.3 is 0 Å². The van der Waals surface area contributed by atoms with Gasteiger partial charge in [0.25, 0.3) is 5.91 Å². The first-order chi connectivity index (χ1) is 14.4. The van der Waals surface area contributed by atoms with Gasteiger partial charge in [-0.05, 0) is 36.6 Å². The number of carbonyl (C=O) groups excluding carboxylic acids is 1. The van der Waals surface area contributed by atoms with E-state index in [-0.39, 0.29) is 36.0 Å². The summed E-state index contributed by atoms with van der Waals surface area (Å²) in [6.45, 7) is 0.559. The van der Waals surface area contributed by atoms with Gasteiger partial charge in [-0.25, -0.2) is 12.8 Å². The lowest BCUT2D eigenvalue weighted by molar-refractivity contribution is -0.115. The number of aromatic nitrogens is 1. The van der Waals surface area contributed by atoms with E-state index in [0.29, 0.717) is 19.4 Å². The fraction of sp³-hybridized carbons (Fsp3) is 0.350. The van der Waals surface area contributed by atoms with Crippen molar-refractivity contribution in [3.05, 3.63) is 60.2 Å². The molecule has 0 bridgehead atoms. The predicted octanol–water partition coefficient (Wildman–Crippen LogP) is 1.84. The molecule has 1 saturated heterocycles. The molecule has 2 aliphatic heterocycles. The highest BCUT2D eigenvalue weighted by molar-refractivity contribution is 7.89. The molecule has 30 heavy (non-hydrogen) atoms. The summed E-state index contributed by atoms with van der Waals surface area (Å²) in [7, 11) is -4.02. The molecular formula is C20H21FN4O4S. The van der Waals surface area contributed by atoms with Crippen molar-refractivity contribution in [1.29, 1.82) is 0 Å². The smallest absolute Gasteiger partial charge is 0.269 e. The number of amides is 1. The Hall–Kier alpha value is -2.85. The van der Waals surface area contributed by atoms with E-state index in [1.54, 1.807) is 18.5 Å². The van der Waals surface area contributed by atoms with Crippen LogP contribution in [0.1, 0.15) is 24.8 Å². The van der Waals surface area contributed by atoms with Gasteiger partial charge in [-0.3, -0.25) is 9.78 Å². The van der Waals surface area contributed by atoms with E-state index in [1.165, 1.54) is 22.5 Å². The van der Waals surface area contributed by atoms with E-state index in [4.69, 9.17) is 4.84 Å². The highest BCUT2D eigenvalue weighted by Gasteiger charge is 2.47. The topological polar surface area (TPSA) is 101 Å². The second kappa shape index (κ2) is 8.11. The molecule has 0 saturated carbocycles. The maximum absolute atomic E-state index is 14.1. The third-order valence-electron chi connectivity index (χ3n) is 5.24. The number of pyridine rings is 1. The zero-order chi connectivity index (χ0) is 21.2. The number of rotatable bonds is 5. The van der Waals surface area contributed by atoms with Crippen LogP contribution in [0, 0.1) is 5.82 Å². The van der Waals surface area contributed by atoms with Crippen LogP contribution in [0.4, 0.5) is 4.39 Å². The highest BCUT2D eigenvalue weighted by atomic mass is 32.2. The molecule has 1 N–H and O–H groups in total. The Bertz CT molecular complexity index is 1080. The molecule has 3 heterocycles. The molecule has 1 atom stereocenters. The van der Waals surface area contributed by atoms with E-state index in [9.17, 15) is 17.6 Å². The summed E-state index contributed by atoms with van der Waals surface area (Å²) in [6.07, 6.45) is 4.57. The van der Waals surface area contributed by atoms with Crippen LogP contribution >= 0.6 is 0 Å². The molecular weight excluding hydrogens is 411 g/mol. The van der Waals surface area contributed by atoms with Crippen molar-refractivity contribution in [1.82, 2.24) is 14.6 Å². The van der Waals surface area contributed by atoms with E-state index in [2.05, 4.69) is 15.5 Å². The number of oxime groups is 1. The van der Waals surface area contributed by atoms with Crippen LogP contribution in [0.2, 0.25) is 0 Å². The molecule has 0 unspecified atom stereocenters. The average molecular weight is 432 g/mol. The van der Waals surface area contributed by atoms with E-state index in [1.807, 2.05) is 6.07 Å². The Morgan fingerprint density at radius 2 is 2.10 bits per heavy atom. The molecule has 1 fully saturated rings. The van der Waals surface area contributed by atoms with Crippen LogP contribution in [0.25, 0.3) is 0 Å². The SMILES string of the molecule is O=C(NCc1cccnc1)C1=NO[C@]2(CCCN(S(=O)(=O)c3ccccc3F)C2)C1. The molecule has 2 aromatic rings. The predicted molar refractivity (Wildman–Crippen MR) is 106 cm³/mol. The van der Waals surface area contributed by atoms with Crippen LogP contribution in [0.15, 0.2) is 58.8 Å². The summed E-state index contributed by atoms with van der Waals surface area (Å²) < 4.78 is 41.2. The molecule has 0 aliphatic carbocycles. The molecule has 158 valence electrons. The molecule has 1 aromatic heterocycles. The number of sulfonamides is 1. The van der Waals surface area contributed by atoms with Crippen molar-refractivity contribution >= 4 is 21.6 Å². The molecule has 1 aromatic carbocycles. The lowest BCUT2D eigenvalue weighted by atomic mass is 9.89. The Morgan fingerprint density at radius 3 is 2.87 bits per heavy atom. The number of hydrogen-bond acceptors (Lipinski definition) is 6. The van der Waals surface area contributed by atoms with Crippen molar-refractivity contribution < 1.29 is 22.4 Å². The maximum Gasteiger partial charge on any atom is 0.269 e. The minimum absolute atomic E-state index is 0.00650. The standard InChI is InChI=1S/C20H21FN4O4S/c21-16-6-1-2-7-18(16)30(27,28)25-10-4-8-20(14-25)11-17(24-29-20)19(26)23-13-15-5-3-9-22-12-15/h1-3,5-7,9,12H,4,8,10-11,13-14H2,(H,23,26)/t20-/m1/s1. The largest absolute Gasteiger partial charge is 0.387 e. The second-order valence-corrected chi connectivity index (χ2v) is 9.31. The molecule has 0 radical (unpaired) electrons. The number of carbonyl (C=O) groups is 1. The van der Waals surface area contributed by atoms with Gasteiger partial charge in [-0.15, -0.1) is 0 Å². The molecule has 1 spiro atoms. The first-order valence-electron chi connectivity index (χ1n) is 9.56. The second-order valence-electron chi connectivity index (χ2n) is 7.41. The maximum atomic E-state index is 14.1. The van der Waals surface area contributed by atoms with Crippen molar-refractivity contribution in [2.45, 2.75) is 36.3 Å². The van der Waals surface area contributed by atoms with Crippen LogP contribution < -0.4 is 5.32 Å². The van der Waals surface area contributed by atoms with Crippen molar-refractivity contribution in [2.75, 3.05) is 13.1 Å². The summed E-state index contributed by atoms with van der Waals surface area (Å²) in [6, 6.07) is 8.90. The van der Waals surface area contributed by atoms with Gasteiger partial charge in [0, 0.05) is 31.9 Å². The van der Waals surface area contributed by atoms with E-state index < -0.39 is 21.4 Å². The zero-order valence-corrected chi connectivity index (χ0v) is 16.9. The van der Waals surface area contributed by atoms with Crippen LogP contribution in [-0.4, -0.2) is 48.0 Å². The third-order valence-corrected chi connectivity index (χ3v) is 7.11. The van der Waals surface area contributed by atoms with Gasteiger partial charge in [0.1, 0.15) is 16.4 Å². The average Bonchev–Trinajstić information content (AvgIpc) is 3.16. The number of halogens is 1. The Balaban J connectivity index is 1.42. The van der Waals surface area contributed by atoms with Crippen molar-refractivity contribution in [2.24, 2.45) is 5.16 Å². The van der Waals surface area contributed by atoms with E-state index >= 15 is 0 Å². The number of piperidine rings is 1. The van der Waals surface area contributed by atoms with Crippen LogP contribution in [-0.2, 0) is 26.2 Å². The van der Waals surface area contributed by atoms with Crippen LogP contribution in [0.3, 0.4) is 0 Å². The van der Waals surface area contributed by atoms with Gasteiger partial charge in [-0.2, -0.15) is 4.31 Å². The van der Waals surface area contributed by atoms with Gasteiger partial charge in [0.2, 0.25) is 10.0 Å². The van der Waals surface area contributed by atoms with Gasteiger partial charge < -0.3 is 10.2 Å². The lowest BCUT2D eigenvalue weighted by Crippen LogP contribution is -2.51. The zero-order valence-electron chi connectivity index (χ0n) is 16.1. The minimum Gasteiger partial charge on any atom is -0.387 e. The Labute approximate surface area is 173 Å². The minimum atomic E-state index is -4.02. The Kier molecular flexibility index (Phi) is 5.52. The van der Waals surface area contributed by atoms with Crippen molar-refractivity contribution in [3.8, 4) is 0 Å². The number of hydrogen-bond donors (Lipinski definition) is 1. The quantitative estimate of drug-likeness (QED) is 0.777. The highest BCUT2D eigenvalue weighted by Crippen LogP contribution is 2.36. The number of nitrogens with zero attached hydrogens (tertiary/aromatic N) is 3. The summed E-state index contributed by atoms with van der Waals surface area (Å²) in [5, 5.41) is 6.69. The summed E-state index contributed by atoms with van der Waals surface area (Å²) in [5.74, 6) is -1.17. The molecule has 2 aliphatic rings. The molecule has 4 rings (SSSR count). The van der Waals surface area contributed by atoms with E-state index in [0.717, 1.165) is 11.6 Å². The lowest BCUT2D eigenvalue weighted by Gasteiger charge is -2.37. The molecule has 8 nitrogen and oxygen atoms in total. The van der Waals surface area contributed by atoms with Crippen molar-refractivity contribution in [3.63, 3.8) is 0 Å². The fourth-order valence-electron chi connectivity index (χ4n) is 3.70. The van der Waals surface area contributed by atoms with Gasteiger partial charge in [0.05, 0.1) is 6.54 Å². The Morgan fingerprint density at radius 1 is 1.27 bits per heavy atom. The first kappa shape index (κ1) is 20.4. The number of nitrogens with one attached hydrogen (secondary N) is 1. The van der Waals surface area contributed by atoms with Gasteiger partial charge in [0.15, 0.2) is 5.60 Å². The third kappa shape index (κ3) is 4.05. The summed E-state index contributed by atoms with van der Waals surface area (Å²) in [4.78, 5) is 21.7. The normalized spacial score (nSPS) is 21.8. The van der Waals surface area contributed by atoms with Gasteiger partial charge in [-0.1, -0.05) is 23.4 Å². The number of benzene rings is 1. The first-order valence-corrected chi connectivity index (χ1v) is 11.0.